The smallest absolute Gasteiger partial charge is 0.279 e. The lowest BCUT2D eigenvalue weighted by Crippen LogP contribution is -2.30. The molecular weight excluding hydrogens is 338 g/mol. The quantitative estimate of drug-likeness (QED) is 0.520. The van der Waals surface area contributed by atoms with E-state index in [1.165, 1.54) is 6.20 Å². The number of carbonyl (C=O) groups excluding carboxylic acids is 2. The summed E-state index contributed by atoms with van der Waals surface area (Å²) >= 11 is 0. The van der Waals surface area contributed by atoms with Crippen molar-refractivity contribution in [2.75, 3.05) is 11.4 Å². The van der Waals surface area contributed by atoms with Gasteiger partial charge in [-0.1, -0.05) is 54.6 Å². The van der Waals surface area contributed by atoms with Crippen LogP contribution < -0.4 is 10.3 Å². The highest BCUT2D eigenvalue weighted by atomic mass is 16.2. The van der Waals surface area contributed by atoms with Crippen molar-refractivity contribution in [3.8, 4) is 0 Å². The number of amides is 1. The van der Waals surface area contributed by atoms with Gasteiger partial charge in [0.1, 0.15) is 0 Å². The molecule has 0 radical (unpaired) electrons. The highest BCUT2D eigenvalue weighted by Gasteiger charge is 2.33. The van der Waals surface area contributed by atoms with Crippen LogP contribution in [0.5, 0.6) is 0 Å². The molecule has 5 nitrogen and oxygen atoms in total. The van der Waals surface area contributed by atoms with E-state index in [-0.39, 0.29) is 11.7 Å². The fraction of sp³-hybridized carbons (Fsp3) is 0.0455. The van der Waals surface area contributed by atoms with Gasteiger partial charge in [0.05, 0.1) is 5.69 Å². The predicted octanol–water partition coefficient (Wildman–Crippen LogP) is 3.31. The van der Waals surface area contributed by atoms with Crippen molar-refractivity contribution in [1.29, 1.82) is 0 Å². The zero-order valence-corrected chi connectivity index (χ0v) is 14.6. The van der Waals surface area contributed by atoms with Crippen LogP contribution in [0.25, 0.3) is 6.08 Å². The number of anilines is 1. The number of carbonyl (C=O) groups is 2. The fourth-order valence-corrected chi connectivity index (χ4v) is 3.22. The molecule has 0 aromatic heterocycles. The summed E-state index contributed by atoms with van der Waals surface area (Å²) in [6, 6.07) is 14.9. The summed E-state index contributed by atoms with van der Waals surface area (Å²) in [5.41, 5.74) is 6.68. The van der Waals surface area contributed by atoms with Crippen LogP contribution in [-0.4, -0.2) is 23.9 Å². The van der Waals surface area contributed by atoms with Gasteiger partial charge in [0.25, 0.3) is 5.91 Å². The van der Waals surface area contributed by atoms with Crippen molar-refractivity contribution in [2.45, 2.75) is 0 Å². The number of rotatable bonds is 4. The maximum absolute atomic E-state index is 12.7. The lowest BCUT2D eigenvalue weighted by molar-refractivity contribution is -0.112. The summed E-state index contributed by atoms with van der Waals surface area (Å²) in [6.07, 6.45) is 6.83. The molecule has 0 fully saturated rings. The van der Waals surface area contributed by atoms with Gasteiger partial charge in [0.15, 0.2) is 11.5 Å². The largest absolute Gasteiger partial charge is 0.302 e. The first-order valence-electron chi connectivity index (χ1n) is 8.58. The molecule has 27 heavy (non-hydrogen) atoms. The van der Waals surface area contributed by atoms with E-state index in [1.54, 1.807) is 23.1 Å². The molecule has 0 saturated carbocycles. The number of benzene rings is 2. The Morgan fingerprint density at radius 3 is 2.56 bits per heavy atom. The van der Waals surface area contributed by atoms with E-state index in [0.717, 1.165) is 16.8 Å². The van der Waals surface area contributed by atoms with Crippen LogP contribution in [0.2, 0.25) is 0 Å². The third-order valence-electron chi connectivity index (χ3n) is 4.52. The summed E-state index contributed by atoms with van der Waals surface area (Å²) in [5, 5.41) is 4.24. The van der Waals surface area contributed by atoms with Gasteiger partial charge in [-0.05, 0) is 17.7 Å². The van der Waals surface area contributed by atoms with Crippen molar-refractivity contribution in [1.82, 2.24) is 5.43 Å². The van der Waals surface area contributed by atoms with Crippen LogP contribution >= 0.6 is 0 Å². The molecule has 132 valence electrons. The molecule has 4 rings (SSSR count). The van der Waals surface area contributed by atoms with E-state index in [2.05, 4.69) is 17.1 Å². The summed E-state index contributed by atoms with van der Waals surface area (Å²) < 4.78 is 0. The van der Waals surface area contributed by atoms with E-state index in [9.17, 15) is 9.59 Å². The Kier molecular flexibility index (Phi) is 4.26. The van der Waals surface area contributed by atoms with Gasteiger partial charge in [0, 0.05) is 29.4 Å². The van der Waals surface area contributed by atoms with E-state index >= 15 is 0 Å². The summed E-state index contributed by atoms with van der Waals surface area (Å²) in [4.78, 5) is 26.8. The maximum Gasteiger partial charge on any atom is 0.279 e. The van der Waals surface area contributed by atoms with Gasteiger partial charge in [-0.3, -0.25) is 15.0 Å². The second-order valence-corrected chi connectivity index (χ2v) is 6.16. The summed E-state index contributed by atoms with van der Waals surface area (Å²) in [5.74, 6) is -0.273. The van der Waals surface area contributed by atoms with Crippen LogP contribution in [0, 0.1) is 0 Å². The normalized spacial score (nSPS) is 18.0. The Labute approximate surface area is 157 Å². The van der Waals surface area contributed by atoms with Crippen molar-refractivity contribution in [2.24, 2.45) is 5.10 Å². The molecular formula is C22H17N3O2. The first-order chi connectivity index (χ1) is 13.2. The molecule has 2 aromatic rings. The van der Waals surface area contributed by atoms with Crippen LogP contribution in [-0.2, 0) is 4.79 Å². The molecule has 5 heteroatoms. The topological polar surface area (TPSA) is 61.8 Å². The minimum Gasteiger partial charge on any atom is -0.302 e. The number of hydrogen-bond donors (Lipinski definition) is 1. The average molecular weight is 355 g/mol. The number of nitrogens with one attached hydrogen (secondary N) is 1. The van der Waals surface area contributed by atoms with E-state index in [0.29, 0.717) is 23.4 Å². The summed E-state index contributed by atoms with van der Waals surface area (Å²) in [7, 11) is 0. The van der Waals surface area contributed by atoms with E-state index in [4.69, 9.17) is 0 Å². The lowest BCUT2D eigenvalue weighted by atomic mass is 9.93. The number of Topliss-reactive ketones (excluding diaryl/α,β-unsaturated/α-hetero) is 1. The van der Waals surface area contributed by atoms with Crippen molar-refractivity contribution < 1.29 is 9.59 Å². The molecule has 1 amide bonds. The van der Waals surface area contributed by atoms with Gasteiger partial charge in [0.2, 0.25) is 0 Å². The minimum absolute atomic E-state index is 0.0766. The van der Waals surface area contributed by atoms with Crippen molar-refractivity contribution in [3.05, 3.63) is 95.7 Å². The van der Waals surface area contributed by atoms with Crippen LogP contribution in [0.4, 0.5) is 5.69 Å². The first-order valence-corrected chi connectivity index (χ1v) is 8.58. The van der Waals surface area contributed by atoms with Gasteiger partial charge < -0.3 is 4.90 Å². The van der Waals surface area contributed by atoms with Crippen LogP contribution in [0.15, 0.2) is 84.1 Å². The Morgan fingerprint density at radius 2 is 1.74 bits per heavy atom. The van der Waals surface area contributed by atoms with Crippen molar-refractivity contribution in [3.63, 3.8) is 0 Å². The molecule has 2 aliphatic rings. The van der Waals surface area contributed by atoms with Gasteiger partial charge in [-0.15, -0.1) is 6.58 Å². The number of allylic oxidation sites excluding steroid dienone is 2. The predicted molar refractivity (Wildman–Crippen MR) is 107 cm³/mol. The summed E-state index contributed by atoms with van der Waals surface area (Å²) in [6.45, 7) is 4.11. The Balaban J connectivity index is 1.61. The molecule has 0 saturated heterocycles. The monoisotopic (exact) mass is 355 g/mol. The van der Waals surface area contributed by atoms with Crippen LogP contribution in [0.3, 0.4) is 0 Å². The highest BCUT2D eigenvalue weighted by molar-refractivity contribution is 6.54. The second-order valence-electron chi connectivity index (χ2n) is 6.16. The molecule has 0 atom stereocenters. The fourth-order valence-electron chi connectivity index (χ4n) is 3.22. The number of ketones is 1. The van der Waals surface area contributed by atoms with E-state index in [1.807, 2.05) is 48.5 Å². The molecule has 1 heterocycles. The van der Waals surface area contributed by atoms with Gasteiger partial charge in [-0.2, -0.15) is 5.10 Å². The standard InChI is InChI=1S/C22H17N3O2/c1-2-13-25-19-10-6-5-9-18(19)20(22(25)27)24-23-14-16-12-11-15-7-3-4-8-17(15)21(16)26/h2-12,14,23H,1,13H2. The third kappa shape index (κ3) is 2.89. The van der Waals surface area contributed by atoms with Gasteiger partial charge >= 0.3 is 0 Å². The number of hydrazone groups is 1. The number of para-hydroxylation sites is 1. The number of fused-ring (bicyclic) bond motifs is 2. The highest BCUT2D eigenvalue weighted by Crippen LogP contribution is 2.28. The van der Waals surface area contributed by atoms with E-state index < -0.39 is 0 Å². The molecule has 2 aromatic carbocycles. The lowest BCUT2D eigenvalue weighted by Gasteiger charge is -2.13. The molecule has 1 aliphatic heterocycles. The molecule has 0 spiro atoms. The second kappa shape index (κ2) is 6.88. The molecule has 0 unspecified atom stereocenters. The maximum atomic E-state index is 12.7. The van der Waals surface area contributed by atoms with Crippen molar-refractivity contribution >= 4 is 29.2 Å². The third-order valence-corrected chi connectivity index (χ3v) is 4.52. The van der Waals surface area contributed by atoms with Gasteiger partial charge in [-0.25, -0.2) is 0 Å². The Bertz CT molecular complexity index is 1050. The Hall–Kier alpha value is -3.73. The SMILES string of the molecule is C=CCN1C(=O)C(=NNC=C2C=Cc3ccccc3C2=O)c2ccccc21. The number of hydrogen-bond acceptors (Lipinski definition) is 4. The minimum atomic E-state index is -0.196. The average Bonchev–Trinajstić information content (AvgIpc) is 2.96. The molecule has 1 aliphatic carbocycles. The zero-order chi connectivity index (χ0) is 18.8. The number of nitrogens with zero attached hydrogens (tertiary/aromatic N) is 2. The Morgan fingerprint density at radius 1 is 1.00 bits per heavy atom. The molecule has 0 bridgehead atoms. The molecule has 1 N–H and O–H groups in total. The van der Waals surface area contributed by atoms with Crippen LogP contribution in [0.1, 0.15) is 21.5 Å². The first kappa shape index (κ1) is 16.7. The zero-order valence-electron chi connectivity index (χ0n) is 14.6.